The van der Waals surface area contributed by atoms with Crippen LogP contribution in [-0.2, 0) is 29.3 Å². The molecule has 0 radical (unpaired) electrons. The third-order valence-corrected chi connectivity index (χ3v) is 10.8. The smallest absolute Gasteiger partial charge is 0.376 e. The normalized spacial score (nSPS) is 21.4. The molecule has 260 valence electrons. The van der Waals surface area contributed by atoms with Crippen LogP contribution >= 0.6 is 18.9 Å². The van der Waals surface area contributed by atoms with Crippen molar-refractivity contribution in [3.63, 3.8) is 0 Å². The van der Waals surface area contributed by atoms with Crippen molar-refractivity contribution >= 4 is 46.7 Å². The molecule has 2 saturated heterocycles. The third-order valence-electron chi connectivity index (χ3n) is 8.65. The van der Waals surface area contributed by atoms with E-state index in [-0.39, 0.29) is 28.8 Å². The fourth-order valence-electron chi connectivity index (χ4n) is 6.13. The van der Waals surface area contributed by atoms with Crippen LogP contribution in [0.4, 0.5) is 8.78 Å². The molecule has 2 aliphatic heterocycles. The van der Waals surface area contributed by atoms with Crippen molar-refractivity contribution in [1.29, 1.82) is 0 Å². The van der Waals surface area contributed by atoms with Gasteiger partial charge in [-0.3, -0.25) is 18.9 Å². The second-order valence-electron chi connectivity index (χ2n) is 13.0. The van der Waals surface area contributed by atoms with Crippen LogP contribution in [0.2, 0.25) is 0 Å². The van der Waals surface area contributed by atoms with Gasteiger partial charge in [-0.25, -0.2) is 0 Å². The number of halogens is 2. The highest BCUT2D eigenvalue weighted by Gasteiger charge is 2.51. The zero-order chi connectivity index (χ0) is 35.0. The number of hydrogen-bond acceptors (Lipinski definition) is 7. The lowest BCUT2D eigenvalue weighted by Gasteiger charge is -2.39. The van der Waals surface area contributed by atoms with Crippen molar-refractivity contribution in [3.8, 4) is 0 Å². The lowest BCUT2D eigenvalue weighted by Crippen LogP contribution is -2.60. The summed E-state index contributed by atoms with van der Waals surface area (Å²) in [5.41, 5.74) is -5.13. The molecule has 2 aromatic carbocycles. The Morgan fingerprint density at radius 3 is 2.46 bits per heavy atom. The maximum absolute atomic E-state index is 14.4. The van der Waals surface area contributed by atoms with E-state index in [2.05, 4.69) is 5.32 Å². The van der Waals surface area contributed by atoms with Gasteiger partial charge in [0.2, 0.25) is 11.8 Å². The summed E-state index contributed by atoms with van der Waals surface area (Å²) in [6.07, 6.45) is -0.420. The van der Waals surface area contributed by atoms with E-state index in [1.807, 2.05) is 37.3 Å². The molecule has 4 atom stereocenters. The van der Waals surface area contributed by atoms with Crippen LogP contribution in [0.1, 0.15) is 61.0 Å². The predicted molar refractivity (Wildman–Crippen MR) is 176 cm³/mol. The highest BCUT2D eigenvalue weighted by atomic mass is 32.1. The maximum atomic E-state index is 14.4. The molecule has 3 aromatic rings. The Morgan fingerprint density at radius 2 is 1.81 bits per heavy atom. The van der Waals surface area contributed by atoms with E-state index in [9.17, 15) is 27.7 Å². The number of ether oxygens (including phenoxy) is 2. The Labute approximate surface area is 281 Å². The first kappa shape index (κ1) is 36.0. The average molecular weight is 708 g/mol. The lowest BCUT2D eigenvalue weighted by atomic mass is 9.85. The van der Waals surface area contributed by atoms with E-state index in [1.165, 1.54) is 17.0 Å². The standard InChI is InChI=1S/C33H40F2N3O8PS/c1-5-45-23-13-14-38(27(23)30(40)37-15-16-46-24(19-37)20-9-7-6-8-10-20)31(41)28(32(2,3)4)36-29(39)26-18-21-17-22(11-12-25(21)48-26)33(34,35)47(42,43)44/h6-12,17-18,23-24,27-28H,5,13-16,19H2,1-4H3,(H,36,39)(H2,42,43,44)/t23-,24-,27-,28+/m0/s1. The lowest BCUT2D eigenvalue weighted by molar-refractivity contribution is -0.154. The molecule has 3 heterocycles. The molecular formula is C33H40F2N3O8PS. The van der Waals surface area contributed by atoms with E-state index in [1.54, 1.807) is 25.7 Å². The predicted octanol–water partition coefficient (Wildman–Crippen LogP) is 4.88. The van der Waals surface area contributed by atoms with Gasteiger partial charge in [-0.2, -0.15) is 8.78 Å². The summed E-state index contributed by atoms with van der Waals surface area (Å²) in [6.45, 7) is 8.78. The van der Waals surface area contributed by atoms with Crippen LogP contribution in [-0.4, -0.2) is 88.3 Å². The van der Waals surface area contributed by atoms with Crippen LogP contribution in [0.5, 0.6) is 0 Å². The van der Waals surface area contributed by atoms with Crippen molar-refractivity contribution in [1.82, 2.24) is 15.1 Å². The molecule has 0 aliphatic carbocycles. The monoisotopic (exact) mass is 707 g/mol. The van der Waals surface area contributed by atoms with Crippen LogP contribution in [0.3, 0.4) is 0 Å². The fraction of sp³-hybridized carbons (Fsp3) is 0.485. The number of benzene rings is 2. The molecule has 2 fully saturated rings. The van der Waals surface area contributed by atoms with Gasteiger partial charge in [0.15, 0.2) is 0 Å². The minimum atomic E-state index is -5.78. The van der Waals surface area contributed by atoms with E-state index in [0.29, 0.717) is 37.4 Å². The summed E-state index contributed by atoms with van der Waals surface area (Å²) in [7, 11) is -5.78. The molecule has 0 spiro atoms. The number of carbonyl (C=O) groups excluding carboxylic acids is 3. The summed E-state index contributed by atoms with van der Waals surface area (Å²) in [5.74, 6) is -1.33. The number of carbonyl (C=O) groups is 3. The largest absolute Gasteiger partial charge is 0.399 e. The number of thiophene rings is 1. The van der Waals surface area contributed by atoms with E-state index >= 15 is 0 Å². The Kier molecular flexibility index (Phi) is 10.5. The van der Waals surface area contributed by atoms with Gasteiger partial charge in [0.05, 0.1) is 24.1 Å². The number of nitrogens with one attached hydrogen (secondary N) is 1. The minimum Gasteiger partial charge on any atom is -0.376 e. The molecule has 3 amide bonds. The third kappa shape index (κ3) is 7.34. The van der Waals surface area contributed by atoms with Crippen molar-refractivity contribution in [3.05, 3.63) is 70.6 Å². The van der Waals surface area contributed by atoms with Crippen LogP contribution in [0.25, 0.3) is 10.1 Å². The van der Waals surface area contributed by atoms with Crippen molar-refractivity contribution in [2.24, 2.45) is 5.41 Å². The van der Waals surface area contributed by atoms with Crippen LogP contribution in [0.15, 0.2) is 54.6 Å². The molecule has 3 N–H and O–H groups in total. The Morgan fingerprint density at radius 1 is 1.10 bits per heavy atom. The first-order chi connectivity index (χ1) is 22.5. The topological polar surface area (TPSA) is 146 Å². The number of alkyl halides is 2. The van der Waals surface area contributed by atoms with Gasteiger partial charge in [-0.15, -0.1) is 11.3 Å². The molecule has 0 unspecified atom stereocenters. The fourth-order valence-corrected chi connectivity index (χ4v) is 7.55. The van der Waals surface area contributed by atoms with Gasteiger partial charge in [0.1, 0.15) is 18.2 Å². The number of hydrogen-bond donors (Lipinski definition) is 3. The van der Waals surface area contributed by atoms with Crippen molar-refractivity contribution in [2.75, 3.05) is 32.8 Å². The Bertz CT molecular complexity index is 1710. The van der Waals surface area contributed by atoms with E-state index in [0.717, 1.165) is 29.0 Å². The zero-order valence-electron chi connectivity index (χ0n) is 27.1. The highest BCUT2D eigenvalue weighted by molar-refractivity contribution is 7.52. The first-order valence-electron chi connectivity index (χ1n) is 15.7. The summed E-state index contributed by atoms with van der Waals surface area (Å²) in [4.78, 5) is 63.6. The number of amides is 3. The second-order valence-corrected chi connectivity index (χ2v) is 15.8. The van der Waals surface area contributed by atoms with Gasteiger partial charge in [0, 0.05) is 30.0 Å². The van der Waals surface area contributed by atoms with Crippen molar-refractivity contribution in [2.45, 2.75) is 64.1 Å². The molecule has 1 aromatic heterocycles. The van der Waals surface area contributed by atoms with Crippen LogP contribution in [0, 0.1) is 5.41 Å². The number of morpholine rings is 1. The number of likely N-dealkylation sites (tertiary alicyclic amines) is 1. The molecular weight excluding hydrogens is 667 g/mol. The summed E-state index contributed by atoms with van der Waals surface area (Å²) >= 11 is 0.990. The zero-order valence-corrected chi connectivity index (χ0v) is 28.8. The molecule has 0 saturated carbocycles. The van der Waals surface area contributed by atoms with Gasteiger partial charge < -0.3 is 34.4 Å². The van der Waals surface area contributed by atoms with Crippen molar-refractivity contribution < 1.29 is 47.0 Å². The Hall–Kier alpha value is -3.26. The van der Waals surface area contributed by atoms with Gasteiger partial charge in [-0.1, -0.05) is 57.2 Å². The van der Waals surface area contributed by atoms with Crippen LogP contribution < -0.4 is 5.32 Å². The Balaban J connectivity index is 1.38. The molecule has 5 rings (SSSR count). The van der Waals surface area contributed by atoms with E-state index in [4.69, 9.17) is 19.3 Å². The minimum absolute atomic E-state index is 0.116. The van der Waals surface area contributed by atoms with E-state index < -0.39 is 54.2 Å². The number of nitrogens with zero attached hydrogens (tertiary/aromatic N) is 2. The highest BCUT2D eigenvalue weighted by Crippen LogP contribution is 2.59. The molecule has 48 heavy (non-hydrogen) atoms. The average Bonchev–Trinajstić information content (AvgIpc) is 3.67. The molecule has 15 heteroatoms. The first-order valence-corrected chi connectivity index (χ1v) is 18.1. The SMILES string of the molecule is CCO[C@H]1CCN(C(=O)[C@@H](NC(=O)c2cc3cc(C(F)(F)P(=O)(O)O)ccc3s2)C(C)(C)C)[C@@H]1C(=O)N1CCO[C@H](c2ccccc2)C1. The summed E-state index contributed by atoms with van der Waals surface area (Å²) < 4.78 is 52.5. The van der Waals surface area contributed by atoms with Gasteiger partial charge in [0.25, 0.3) is 5.91 Å². The number of rotatable bonds is 9. The molecule has 11 nitrogen and oxygen atoms in total. The van der Waals surface area contributed by atoms with Gasteiger partial charge in [-0.05, 0) is 47.9 Å². The maximum Gasteiger partial charge on any atom is 0.399 e. The number of fused-ring (bicyclic) bond motifs is 1. The quantitative estimate of drug-likeness (QED) is 0.267. The summed E-state index contributed by atoms with van der Waals surface area (Å²) in [6, 6.07) is 12.1. The molecule has 0 bridgehead atoms. The summed E-state index contributed by atoms with van der Waals surface area (Å²) in [5, 5.41) is 3.01. The second kappa shape index (κ2) is 13.9. The molecule has 2 aliphatic rings. The van der Waals surface area contributed by atoms with Gasteiger partial charge >= 0.3 is 13.3 Å².